The molecule has 98 valence electrons. The van der Waals surface area contributed by atoms with E-state index in [4.69, 9.17) is 0 Å². The maximum Gasteiger partial charge on any atom is 0.0673 e. The van der Waals surface area contributed by atoms with Crippen LogP contribution in [0.15, 0.2) is 42.5 Å². The van der Waals surface area contributed by atoms with Gasteiger partial charge in [0, 0.05) is 5.41 Å². The summed E-state index contributed by atoms with van der Waals surface area (Å²) in [6.45, 7) is 6.16. The summed E-state index contributed by atoms with van der Waals surface area (Å²) in [7, 11) is 0. The molecule has 1 fully saturated rings. The van der Waals surface area contributed by atoms with Crippen molar-refractivity contribution in [2.24, 2.45) is 0 Å². The molecule has 0 bridgehead atoms. The molecule has 0 spiro atoms. The van der Waals surface area contributed by atoms with Gasteiger partial charge in [0.25, 0.3) is 0 Å². The van der Waals surface area contributed by atoms with E-state index in [0.717, 1.165) is 31.3 Å². The van der Waals surface area contributed by atoms with Crippen molar-refractivity contribution in [3.05, 3.63) is 48.0 Å². The van der Waals surface area contributed by atoms with Gasteiger partial charge in [-0.25, -0.2) is 0 Å². The van der Waals surface area contributed by atoms with Gasteiger partial charge in [-0.1, -0.05) is 62.2 Å². The van der Waals surface area contributed by atoms with E-state index in [1.54, 1.807) is 0 Å². The number of rotatable bonds is 5. The SMILES string of the molecule is C=C(CC)CC(O)C1(c2ccccc2)CCCC1. The number of hydrogen-bond donors (Lipinski definition) is 1. The average molecular weight is 244 g/mol. The molecule has 0 radical (unpaired) electrons. The minimum atomic E-state index is -0.283. The van der Waals surface area contributed by atoms with Crippen LogP contribution in [0.2, 0.25) is 0 Å². The highest BCUT2D eigenvalue weighted by Gasteiger charge is 2.41. The molecule has 1 aromatic rings. The predicted molar refractivity (Wildman–Crippen MR) is 76.6 cm³/mol. The van der Waals surface area contributed by atoms with Gasteiger partial charge in [-0.2, -0.15) is 0 Å². The Kier molecular flexibility index (Phi) is 4.23. The molecule has 0 heterocycles. The molecule has 0 aromatic heterocycles. The molecule has 2 rings (SSSR count). The van der Waals surface area contributed by atoms with E-state index in [1.807, 2.05) is 6.07 Å². The predicted octanol–water partition coefficient (Wildman–Crippen LogP) is 4.22. The highest BCUT2D eigenvalue weighted by Crippen LogP contribution is 2.45. The van der Waals surface area contributed by atoms with Crippen LogP contribution in [0.1, 0.15) is 51.0 Å². The van der Waals surface area contributed by atoms with Crippen molar-refractivity contribution >= 4 is 0 Å². The third-order valence-corrected chi connectivity index (χ3v) is 4.46. The van der Waals surface area contributed by atoms with Crippen LogP contribution in [-0.2, 0) is 5.41 Å². The van der Waals surface area contributed by atoms with E-state index in [0.29, 0.717) is 0 Å². The first kappa shape index (κ1) is 13.4. The van der Waals surface area contributed by atoms with Gasteiger partial charge in [0.15, 0.2) is 0 Å². The van der Waals surface area contributed by atoms with Crippen LogP contribution in [0.25, 0.3) is 0 Å². The normalized spacial score (nSPS) is 19.7. The molecule has 1 unspecified atom stereocenters. The molecule has 1 aliphatic carbocycles. The molecule has 1 saturated carbocycles. The van der Waals surface area contributed by atoms with Crippen LogP contribution in [0.5, 0.6) is 0 Å². The zero-order valence-corrected chi connectivity index (χ0v) is 11.4. The maximum absolute atomic E-state index is 10.7. The molecule has 0 saturated heterocycles. The van der Waals surface area contributed by atoms with E-state index in [1.165, 1.54) is 18.4 Å². The molecule has 1 heteroatoms. The van der Waals surface area contributed by atoms with Gasteiger partial charge >= 0.3 is 0 Å². The fraction of sp³-hybridized carbons (Fsp3) is 0.529. The van der Waals surface area contributed by atoms with Crippen molar-refractivity contribution in [3.8, 4) is 0 Å². The molecule has 1 atom stereocenters. The van der Waals surface area contributed by atoms with E-state index in [-0.39, 0.29) is 11.5 Å². The Morgan fingerprint density at radius 2 is 1.89 bits per heavy atom. The number of benzene rings is 1. The number of aliphatic hydroxyl groups is 1. The topological polar surface area (TPSA) is 20.2 Å². The molecular formula is C17H24O. The Morgan fingerprint density at radius 3 is 2.44 bits per heavy atom. The summed E-state index contributed by atoms with van der Waals surface area (Å²) in [6, 6.07) is 10.5. The largest absolute Gasteiger partial charge is 0.392 e. The van der Waals surface area contributed by atoms with Crippen molar-refractivity contribution in [1.29, 1.82) is 0 Å². The molecule has 18 heavy (non-hydrogen) atoms. The van der Waals surface area contributed by atoms with Crippen LogP contribution in [0.3, 0.4) is 0 Å². The number of hydrogen-bond acceptors (Lipinski definition) is 1. The summed E-state index contributed by atoms with van der Waals surface area (Å²) in [5.74, 6) is 0. The van der Waals surface area contributed by atoms with Crippen molar-refractivity contribution in [3.63, 3.8) is 0 Å². The smallest absolute Gasteiger partial charge is 0.0673 e. The van der Waals surface area contributed by atoms with Crippen LogP contribution >= 0.6 is 0 Å². The molecule has 0 amide bonds. The van der Waals surface area contributed by atoms with E-state index < -0.39 is 0 Å². The minimum absolute atomic E-state index is 0.0284. The van der Waals surface area contributed by atoms with Crippen molar-refractivity contribution in [1.82, 2.24) is 0 Å². The lowest BCUT2D eigenvalue weighted by atomic mass is 9.72. The Morgan fingerprint density at radius 1 is 1.28 bits per heavy atom. The Bertz CT molecular complexity index is 387. The number of aliphatic hydroxyl groups excluding tert-OH is 1. The second-order valence-corrected chi connectivity index (χ2v) is 5.55. The van der Waals surface area contributed by atoms with Crippen LogP contribution in [-0.4, -0.2) is 11.2 Å². The van der Waals surface area contributed by atoms with E-state index in [2.05, 4.69) is 37.8 Å². The van der Waals surface area contributed by atoms with Gasteiger partial charge < -0.3 is 5.11 Å². The molecule has 1 aliphatic rings. The van der Waals surface area contributed by atoms with Gasteiger partial charge in [0.05, 0.1) is 6.10 Å². The van der Waals surface area contributed by atoms with E-state index >= 15 is 0 Å². The van der Waals surface area contributed by atoms with Gasteiger partial charge in [-0.15, -0.1) is 0 Å². The fourth-order valence-electron chi connectivity index (χ4n) is 3.20. The first-order valence-electron chi connectivity index (χ1n) is 7.09. The summed E-state index contributed by atoms with van der Waals surface area (Å²) in [4.78, 5) is 0. The Hall–Kier alpha value is -1.08. The van der Waals surface area contributed by atoms with Crippen LogP contribution in [0.4, 0.5) is 0 Å². The second-order valence-electron chi connectivity index (χ2n) is 5.55. The first-order chi connectivity index (χ1) is 8.69. The lowest BCUT2D eigenvalue weighted by Gasteiger charge is -2.35. The monoisotopic (exact) mass is 244 g/mol. The van der Waals surface area contributed by atoms with Crippen LogP contribution < -0.4 is 0 Å². The van der Waals surface area contributed by atoms with Gasteiger partial charge in [-0.05, 0) is 31.2 Å². The van der Waals surface area contributed by atoms with Gasteiger partial charge in [0.1, 0.15) is 0 Å². The highest BCUT2D eigenvalue weighted by atomic mass is 16.3. The average Bonchev–Trinajstić information content (AvgIpc) is 2.90. The molecule has 0 aliphatic heterocycles. The third-order valence-electron chi connectivity index (χ3n) is 4.46. The highest BCUT2D eigenvalue weighted by molar-refractivity contribution is 5.29. The Balaban J connectivity index is 2.24. The zero-order chi connectivity index (χ0) is 13.0. The van der Waals surface area contributed by atoms with E-state index in [9.17, 15) is 5.11 Å². The molecular weight excluding hydrogens is 220 g/mol. The van der Waals surface area contributed by atoms with Gasteiger partial charge in [0.2, 0.25) is 0 Å². The van der Waals surface area contributed by atoms with Crippen molar-refractivity contribution in [2.45, 2.75) is 57.0 Å². The summed E-state index contributed by atoms with van der Waals surface area (Å²) < 4.78 is 0. The lowest BCUT2D eigenvalue weighted by Crippen LogP contribution is -2.37. The summed E-state index contributed by atoms with van der Waals surface area (Å²) in [5, 5.41) is 10.7. The molecule has 1 N–H and O–H groups in total. The molecule has 1 aromatic carbocycles. The maximum atomic E-state index is 10.7. The van der Waals surface area contributed by atoms with Crippen LogP contribution in [0, 0.1) is 0 Å². The summed E-state index contributed by atoms with van der Waals surface area (Å²) >= 11 is 0. The standard InChI is InChI=1S/C17H24O/c1-3-14(2)13-16(18)17(11-7-8-12-17)15-9-5-4-6-10-15/h4-6,9-10,16,18H,2-3,7-8,11-13H2,1H3. The zero-order valence-electron chi connectivity index (χ0n) is 11.4. The molecule has 1 nitrogen and oxygen atoms in total. The lowest BCUT2D eigenvalue weighted by molar-refractivity contribution is 0.0820. The van der Waals surface area contributed by atoms with Crippen molar-refractivity contribution in [2.75, 3.05) is 0 Å². The Labute approximate surface area is 111 Å². The summed E-state index contributed by atoms with van der Waals surface area (Å²) in [6.07, 6.45) is 6.09. The minimum Gasteiger partial charge on any atom is -0.392 e. The van der Waals surface area contributed by atoms with Crippen molar-refractivity contribution < 1.29 is 5.11 Å². The first-order valence-corrected chi connectivity index (χ1v) is 7.09. The summed E-state index contributed by atoms with van der Waals surface area (Å²) in [5.41, 5.74) is 2.43. The second kappa shape index (κ2) is 5.71. The quantitative estimate of drug-likeness (QED) is 0.769. The third kappa shape index (κ3) is 2.51. The van der Waals surface area contributed by atoms with Gasteiger partial charge in [-0.3, -0.25) is 0 Å². The fourth-order valence-corrected chi connectivity index (χ4v) is 3.20.